The van der Waals surface area contributed by atoms with Gasteiger partial charge in [0.1, 0.15) is 4.21 Å². The summed E-state index contributed by atoms with van der Waals surface area (Å²) < 4.78 is 33.0. The summed E-state index contributed by atoms with van der Waals surface area (Å²) in [4.78, 5) is 2.25. The molecule has 0 radical (unpaired) electrons. The Morgan fingerprint density at radius 3 is 2.75 bits per heavy atom. The van der Waals surface area contributed by atoms with E-state index in [1.54, 1.807) is 23.5 Å². The highest BCUT2D eigenvalue weighted by Gasteiger charge is 2.27. The molecule has 0 unspecified atom stereocenters. The summed E-state index contributed by atoms with van der Waals surface area (Å²) in [6.45, 7) is 4.35. The van der Waals surface area contributed by atoms with Gasteiger partial charge in [-0.05, 0) is 41.0 Å². The largest absolute Gasteiger partial charge is 0.383 e. The first kappa shape index (κ1) is 16.4. The number of thiophene rings is 1. The van der Waals surface area contributed by atoms with Crippen molar-refractivity contribution in [1.29, 1.82) is 0 Å². The molecule has 2 rings (SSSR count). The zero-order chi connectivity index (χ0) is 14.6. The van der Waals surface area contributed by atoms with Crippen molar-refractivity contribution >= 4 is 37.3 Å². The van der Waals surface area contributed by atoms with Gasteiger partial charge in [0.05, 0.1) is 10.4 Å². The third kappa shape index (κ3) is 4.02. The zero-order valence-electron chi connectivity index (χ0n) is 11.4. The van der Waals surface area contributed by atoms with Gasteiger partial charge in [-0.1, -0.05) is 0 Å². The summed E-state index contributed by atoms with van der Waals surface area (Å²) in [7, 11) is -1.66. The lowest BCUT2D eigenvalue weighted by molar-refractivity contribution is 0.151. The summed E-state index contributed by atoms with van der Waals surface area (Å²) in [5.74, 6) is 0. The minimum absolute atomic E-state index is 0.412. The SMILES string of the molecule is COCCN1CCCN(S(=O)(=O)c2ccc(Br)s2)CC1. The van der Waals surface area contributed by atoms with E-state index in [1.807, 2.05) is 0 Å². The Kier molecular flexibility index (Phi) is 6.00. The first-order valence-corrected chi connectivity index (χ1v) is 9.56. The third-order valence-corrected chi connectivity index (χ3v) is 7.29. The highest BCUT2D eigenvalue weighted by molar-refractivity contribution is 9.11. The smallest absolute Gasteiger partial charge is 0.252 e. The van der Waals surface area contributed by atoms with E-state index in [4.69, 9.17) is 4.74 Å². The van der Waals surface area contributed by atoms with Gasteiger partial charge in [0.25, 0.3) is 10.0 Å². The molecule has 1 aromatic heterocycles. The van der Waals surface area contributed by atoms with Crippen LogP contribution in [0.25, 0.3) is 0 Å². The lowest BCUT2D eigenvalue weighted by atomic mass is 10.4. The monoisotopic (exact) mass is 382 g/mol. The van der Waals surface area contributed by atoms with E-state index in [9.17, 15) is 8.42 Å². The van der Waals surface area contributed by atoms with Crippen LogP contribution < -0.4 is 0 Å². The Hall–Kier alpha value is 0.01000. The maximum atomic E-state index is 12.5. The second-order valence-electron chi connectivity index (χ2n) is 4.65. The molecule has 20 heavy (non-hydrogen) atoms. The molecule has 0 N–H and O–H groups in total. The molecule has 1 aliphatic rings. The average Bonchev–Trinajstić information content (AvgIpc) is 2.72. The molecule has 0 spiro atoms. The standard InChI is InChI=1S/C12H19BrN2O3S2/c1-18-10-9-14-5-2-6-15(8-7-14)20(16,17)12-4-3-11(13)19-12/h3-4H,2,5-10H2,1H3. The average molecular weight is 383 g/mol. The van der Waals surface area contributed by atoms with Gasteiger partial charge in [-0.15, -0.1) is 11.3 Å². The molecular weight excluding hydrogens is 364 g/mol. The number of halogens is 1. The number of hydrogen-bond donors (Lipinski definition) is 0. The molecule has 0 bridgehead atoms. The summed E-state index contributed by atoms with van der Waals surface area (Å²) in [6.07, 6.45) is 0.857. The number of rotatable bonds is 5. The van der Waals surface area contributed by atoms with Crippen LogP contribution in [-0.2, 0) is 14.8 Å². The number of nitrogens with zero attached hydrogens (tertiary/aromatic N) is 2. The second kappa shape index (κ2) is 7.33. The maximum Gasteiger partial charge on any atom is 0.252 e. The molecule has 2 heterocycles. The summed E-state index contributed by atoms with van der Waals surface area (Å²) >= 11 is 4.58. The minimum Gasteiger partial charge on any atom is -0.383 e. The number of sulfonamides is 1. The Balaban J connectivity index is 2.02. The van der Waals surface area contributed by atoms with Crippen LogP contribution in [0.3, 0.4) is 0 Å². The van der Waals surface area contributed by atoms with Crippen LogP contribution in [0.15, 0.2) is 20.1 Å². The van der Waals surface area contributed by atoms with Crippen LogP contribution in [0, 0.1) is 0 Å². The molecule has 1 aromatic rings. The lowest BCUT2D eigenvalue weighted by Crippen LogP contribution is -2.35. The van der Waals surface area contributed by atoms with Crippen LogP contribution in [0.2, 0.25) is 0 Å². The molecule has 8 heteroatoms. The fraction of sp³-hybridized carbons (Fsp3) is 0.667. The molecule has 0 aromatic carbocycles. The predicted molar refractivity (Wildman–Crippen MR) is 83.7 cm³/mol. The Labute approximate surface area is 132 Å². The van der Waals surface area contributed by atoms with E-state index >= 15 is 0 Å². The van der Waals surface area contributed by atoms with Crippen molar-refractivity contribution in [2.45, 2.75) is 10.6 Å². The van der Waals surface area contributed by atoms with Crippen molar-refractivity contribution in [2.24, 2.45) is 0 Å². The fourth-order valence-electron chi connectivity index (χ4n) is 2.20. The highest BCUT2D eigenvalue weighted by Crippen LogP contribution is 2.28. The van der Waals surface area contributed by atoms with Gasteiger partial charge in [0, 0.05) is 33.3 Å². The van der Waals surface area contributed by atoms with Crippen LogP contribution >= 0.6 is 27.3 Å². The normalized spacial score (nSPS) is 19.1. The molecule has 114 valence electrons. The van der Waals surface area contributed by atoms with E-state index in [-0.39, 0.29) is 0 Å². The van der Waals surface area contributed by atoms with Crippen molar-refractivity contribution in [3.8, 4) is 0 Å². The van der Waals surface area contributed by atoms with E-state index in [1.165, 1.54) is 11.3 Å². The number of hydrogen-bond acceptors (Lipinski definition) is 5. The fourth-order valence-corrected chi connectivity index (χ4v) is 5.83. The van der Waals surface area contributed by atoms with Crippen molar-refractivity contribution < 1.29 is 13.2 Å². The summed E-state index contributed by atoms with van der Waals surface area (Å²) in [6, 6.07) is 3.44. The van der Waals surface area contributed by atoms with Gasteiger partial charge in [0.15, 0.2) is 0 Å². The zero-order valence-corrected chi connectivity index (χ0v) is 14.6. The molecule has 0 aliphatic carbocycles. The quantitative estimate of drug-likeness (QED) is 0.779. The van der Waals surface area contributed by atoms with E-state index in [2.05, 4.69) is 20.8 Å². The van der Waals surface area contributed by atoms with Crippen molar-refractivity contribution in [1.82, 2.24) is 9.21 Å². The molecule has 1 aliphatic heterocycles. The van der Waals surface area contributed by atoms with Gasteiger partial charge in [-0.25, -0.2) is 8.42 Å². The van der Waals surface area contributed by atoms with Gasteiger partial charge < -0.3 is 4.74 Å². The Morgan fingerprint density at radius 1 is 1.30 bits per heavy atom. The molecule has 0 atom stereocenters. The topological polar surface area (TPSA) is 49.9 Å². The molecule has 0 saturated carbocycles. The molecule has 1 fully saturated rings. The minimum atomic E-state index is -3.34. The molecular formula is C12H19BrN2O3S2. The maximum absolute atomic E-state index is 12.5. The van der Waals surface area contributed by atoms with Crippen molar-refractivity contribution in [3.63, 3.8) is 0 Å². The van der Waals surface area contributed by atoms with Crippen LogP contribution in [0.5, 0.6) is 0 Å². The molecule has 1 saturated heterocycles. The van der Waals surface area contributed by atoms with Gasteiger partial charge in [-0.2, -0.15) is 4.31 Å². The second-order valence-corrected chi connectivity index (χ2v) is 9.28. The van der Waals surface area contributed by atoms with Gasteiger partial charge in [0.2, 0.25) is 0 Å². The predicted octanol–water partition coefficient (Wildman–Crippen LogP) is 1.85. The summed E-state index contributed by atoms with van der Waals surface area (Å²) in [5.41, 5.74) is 0. The molecule has 0 amide bonds. The van der Waals surface area contributed by atoms with E-state index in [0.717, 1.165) is 29.8 Å². The van der Waals surface area contributed by atoms with Crippen LogP contribution in [-0.4, -0.2) is 64.1 Å². The number of methoxy groups -OCH3 is 1. The molecule has 5 nitrogen and oxygen atoms in total. The van der Waals surface area contributed by atoms with Crippen molar-refractivity contribution in [2.75, 3.05) is 46.4 Å². The van der Waals surface area contributed by atoms with Crippen LogP contribution in [0.4, 0.5) is 0 Å². The van der Waals surface area contributed by atoms with Gasteiger partial charge in [-0.3, -0.25) is 4.90 Å². The first-order chi connectivity index (χ1) is 9.54. The van der Waals surface area contributed by atoms with Crippen molar-refractivity contribution in [3.05, 3.63) is 15.9 Å². The highest BCUT2D eigenvalue weighted by atomic mass is 79.9. The third-order valence-electron chi connectivity index (χ3n) is 3.30. The van der Waals surface area contributed by atoms with E-state index < -0.39 is 10.0 Å². The Bertz CT molecular complexity index is 533. The Morgan fingerprint density at radius 2 is 2.10 bits per heavy atom. The first-order valence-electron chi connectivity index (χ1n) is 6.51. The number of ether oxygens (including phenoxy) is 1. The summed E-state index contributed by atoms with van der Waals surface area (Å²) in [5, 5.41) is 0. The van der Waals surface area contributed by atoms with Gasteiger partial charge >= 0.3 is 0 Å². The van der Waals surface area contributed by atoms with E-state index in [0.29, 0.717) is 23.9 Å². The van der Waals surface area contributed by atoms with Crippen LogP contribution in [0.1, 0.15) is 6.42 Å². The lowest BCUT2D eigenvalue weighted by Gasteiger charge is -2.20.